The number of methoxy groups -OCH3 is 1. The Hall–Kier alpha value is -4.48. The van der Waals surface area contributed by atoms with Gasteiger partial charge >= 0.3 is 0 Å². The van der Waals surface area contributed by atoms with Gasteiger partial charge in [0.1, 0.15) is 23.3 Å². The molecule has 5 heterocycles. The number of benzene rings is 1. The number of amides is 2. The number of aromatic nitrogens is 6. The molecule has 0 bridgehead atoms. The highest BCUT2D eigenvalue weighted by Crippen LogP contribution is 2.44. The number of hydrogen-bond donors (Lipinski definition) is 0. The largest absolute Gasteiger partial charge is 0.497 e. The Balaban J connectivity index is 1.51. The van der Waals surface area contributed by atoms with Gasteiger partial charge < -0.3 is 23.6 Å². The minimum Gasteiger partial charge on any atom is -0.497 e. The van der Waals surface area contributed by atoms with Crippen molar-refractivity contribution >= 4 is 11.8 Å². The summed E-state index contributed by atoms with van der Waals surface area (Å²) in [5.41, 5.74) is 1.80. The average molecular weight is 474 g/mol. The van der Waals surface area contributed by atoms with E-state index in [1.807, 2.05) is 35.0 Å². The van der Waals surface area contributed by atoms with E-state index in [2.05, 4.69) is 20.6 Å². The van der Waals surface area contributed by atoms with Crippen molar-refractivity contribution in [2.75, 3.05) is 20.2 Å². The van der Waals surface area contributed by atoms with Gasteiger partial charge in [0.25, 0.3) is 11.8 Å². The minimum absolute atomic E-state index is 0.181. The van der Waals surface area contributed by atoms with Gasteiger partial charge in [-0.15, -0.1) is 10.2 Å². The van der Waals surface area contributed by atoms with Crippen LogP contribution in [0.2, 0.25) is 0 Å². The summed E-state index contributed by atoms with van der Waals surface area (Å²) in [6, 6.07) is 9.22. The molecule has 1 aromatic carbocycles. The lowest BCUT2D eigenvalue weighted by atomic mass is 9.93. The van der Waals surface area contributed by atoms with Crippen molar-refractivity contribution in [1.29, 1.82) is 0 Å². The van der Waals surface area contributed by atoms with Crippen LogP contribution in [0, 0.1) is 6.92 Å². The predicted octanol–water partition coefficient (Wildman–Crippen LogP) is 1.45. The zero-order chi connectivity index (χ0) is 24.3. The van der Waals surface area contributed by atoms with Crippen LogP contribution in [0.15, 0.2) is 47.3 Å². The Morgan fingerprint density at radius 2 is 2.00 bits per heavy atom. The molecule has 1 atom stereocenters. The molecule has 6 rings (SSSR count). The minimum atomic E-state index is -1.05. The second-order valence-electron chi connectivity index (χ2n) is 8.62. The van der Waals surface area contributed by atoms with Crippen molar-refractivity contribution in [3.8, 4) is 17.1 Å². The standard InChI is InChI=1S/C23H22N8O4/c1-14-18(12-35-26-14)21(32)30-8-9-31-22(33)19-10-15(20-24-27-28(2)25-20)11-29(19)13-23(30,31)16-4-6-17(34-3)7-5-16/h4-7,10-12H,8-9,13H2,1-3H3. The van der Waals surface area contributed by atoms with E-state index in [-0.39, 0.29) is 11.8 Å². The smallest absolute Gasteiger partial charge is 0.272 e. The predicted molar refractivity (Wildman–Crippen MR) is 120 cm³/mol. The first-order chi connectivity index (χ1) is 16.9. The molecule has 0 N–H and O–H groups in total. The quantitative estimate of drug-likeness (QED) is 0.435. The molecule has 2 aliphatic heterocycles. The van der Waals surface area contributed by atoms with Gasteiger partial charge in [0, 0.05) is 30.4 Å². The Morgan fingerprint density at radius 1 is 1.20 bits per heavy atom. The SMILES string of the molecule is COc1ccc(C23Cn4cc(-c5nnn(C)n5)cc4C(=O)N2CCN3C(=O)c2conc2C)cc1. The fourth-order valence-corrected chi connectivity index (χ4v) is 5.05. The molecule has 2 amide bonds. The fourth-order valence-electron chi connectivity index (χ4n) is 5.05. The van der Waals surface area contributed by atoms with Gasteiger partial charge in [-0.05, 0) is 30.3 Å². The first-order valence-corrected chi connectivity index (χ1v) is 11.1. The molecule has 178 valence electrons. The second-order valence-corrected chi connectivity index (χ2v) is 8.62. The lowest BCUT2D eigenvalue weighted by Crippen LogP contribution is -2.60. The van der Waals surface area contributed by atoms with Crippen LogP contribution in [0.1, 0.15) is 32.1 Å². The molecule has 3 aromatic heterocycles. The summed E-state index contributed by atoms with van der Waals surface area (Å²) < 4.78 is 12.2. The van der Waals surface area contributed by atoms with Gasteiger partial charge in [0.05, 0.1) is 26.4 Å². The highest BCUT2D eigenvalue weighted by molar-refractivity contribution is 5.99. The number of nitrogens with zero attached hydrogens (tertiary/aromatic N) is 8. The molecule has 1 fully saturated rings. The van der Waals surface area contributed by atoms with Gasteiger partial charge in [-0.25, -0.2) is 0 Å². The lowest BCUT2D eigenvalue weighted by molar-refractivity contribution is -0.00597. The van der Waals surface area contributed by atoms with Crippen LogP contribution in [-0.4, -0.2) is 71.7 Å². The number of carbonyl (C=O) groups is 2. The molecule has 12 nitrogen and oxygen atoms in total. The summed E-state index contributed by atoms with van der Waals surface area (Å²) in [5, 5.41) is 16.1. The molecule has 0 spiro atoms. The molecule has 0 radical (unpaired) electrons. The van der Waals surface area contributed by atoms with Gasteiger partial charge in [-0.2, -0.15) is 4.80 Å². The Kier molecular flexibility index (Phi) is 4.53. The summed E-state index contributed by atoms with van der Waals surface area (Å²) >= 11 is 0. The van der Waals surface area contributed by atoms with Crippen LogP contribution in [0.3, 0.4) is 0 Å². The highest BCUT2D eigenvalue weighted by Gasteiger charge is 2.56. The Bertz CT molecular complexity index is 1450. The van der Waals surface area contributed by atoms with Crippen molar-refractivity contribution in [3.63, 3.8) is 0 Å². The first-order valence-electron chi connectivity index (χ1n) is 11.1. The van der Waals surface area contributed by atoms with Gasteiger partial charge in [-0.1, -0.05) is 17.3 Å². The van der Waals surface area contributed by atoms with Crippen LogP contribution >= 0.6 is 0 Å². The molecule has 2 aliphatic rings. The number of carbonyl (C=O) groups excluding carboxylic acids is 2. The third-order valence-corrected chi connectivity index (χ3v) is 6.74. The second kappa shape index (κ2) is 7.52. The van der Waals surface area contributed by atoms with Gasteiger partial charge in [0.15, 0.2) is 5.66 Å². The van der Waals surface area contributed by atoms with Crippen LogP contribution in [0.4, 0.5) is 0 Å². The van der Waals surface area contributed by atoms with Crippen molar-refractivity contribution in [2.24, 2.45) is 7.05 Å². The maximum absolute atomic E-state index is 13.8. The molecular weight excluding hydrogens is 452 g/mol. The van der Waals surface area contributed by atoms with E-state index in [4.69, 9.17) is 9.26 Å². The van der Waals surface area contributed by atoms with Crippen molar-refractivity contribution in [2.45, 2.75) is 19.1 Å². The number of aryl methyl sites for hydroxylation is 2. The van der Waals surface area contributed by atoms with E-state index in [1.54, 1.807) is 36.9 Å². The number of tetrazole rings is 1. The summed E-state index contributed by atoms with van der Waals surface area (Å²) in [6.07, 6.45) is 3.18. The number of rotatable bonds is 4. The van der Waals surface area contributed by atoms with Crippen molar-refractivity contribution in [3.05, 3.63) is 65.3 Å². The third-order valence-electron chi connectivity index (χ3n) is 6.74. The number of ether oxygens (including phenoxy) is 1. The summed E-state index contributed by atoms with van der Waals surface area (Å²) in [5.74, 6) is 0.678. The summed E-state index contributed by atoms with van der Waals surface area (Å²) in [4.78, 5) is 32.4. The molecule has 1 unspecified atom stereocenters. The van der Waals surface area contributed by atoms with E-state index in [9.17, 15) is 9.59 Å². The number of fused-ring (bicyclic) bond motifs is 2. The van der Waals surface area contributed by atoms with Gasteiger partial charge in [-0.3, -0.25) is 9.59 Å². The van der Waals surface area contributed by atoms with E-state index in [0.717, 1.165) is 5.56 Å². The molecular formula is C23H22N8O4. The normalized spacial score (nSPS) is 19.1. The van der Waals surface area contributed by atoms with E-state index < -0.39 is 5.66 Å². The zero-order valence-electron chi connectivity index (χ0n) is 19.4. The summed E-state index contributed by atoms with van der Waals surface area (Å²) in [7, 11) is 3.28. The zero-order valence-corrected chi connectivity index (χ0v) is 19.4. The van der Waals surface area contributed by atoms with E-state index >= 15 is 0 Å². The topological polar surface area (TPSA) is 124 Å². The van der Waals surface area contributed by atoms with Crippen LogP contribution < -0.4 is 4.74 Å². The lowest BCUT2D eigenvalue weighted by Gasteiger charge is -2.47. The maximum atomic E-state index is 13.8. The molecule has 4 aromatic rings. The fraction of sp³-hybridized carbons (Fsp3) is 0.304. The third kappa shape index (κ3) is 2.99. The highest BCUT2D eigenvalue weighted by atomic mass is 16.5. The van der Waals surface area contributed by atoms with E-state index in [1.165, 1.54) is 11.1 Å². The van der Waals surface area contributed by atoms with Crippen molar-refractivity contribution < 1.29 is 18.8 Å². The molecule has 1 saturated heterocycles. The van der Waals surface area contributed by atoms with Crippen LogP contribution in [0.25, 0.3) is 11.4 Å². The first kappa shape index (κ1) is 21.1. The van der Waals surface area contributed by atoms with E-state index in [0.29, 0.717) is 53.7 Å². The van der Waals surface area contributed by atoms with Crippen molar-refractivity contribution in [1.82, 2.24) is 39.7 Å². The summed E-state index contributed by atoms with van der Waals surface area (Å²) in [6.45, 7) is 2.80. The maximum Gasteiger partial charge on any atom is 0.272 e. The average Bonchev–Trinajstić information content (AvgIpc) is 3.64. The molecule has 0 aliphatic carbocycles. The Labute approximate surface area is 199 Å². The monoisotopic (exact) mass is 474 g/mol. The van der Waals surface area contributed by atoms with Gasteiger partial charge in [0.2, 0.25) is 5.82 Å². The van der Waals surface area contributed by atoms with Crippen LogP contribution in [-0.2, 0) is 19.3 Å². The number of hydrogen-bond acceptors (Lipinski definition) is 8. The van der Waals surface area contributed by atoms with Crippen LogP contribution in [0.5, 0.6) is 5.75 Å². The molecule has 35 heavy (non-hydrogen) atoms. The molecule has 0 saturated carbocycles. The Morgan fingerprint density at radius 3 is 2.66 bits per heavy atom. The molecule has 12 heteroatoms.